The van der Waals surface area contributed by atoms with Gasteiger partial charge in [-0.2, -0.15) is 13.2 Å². The van der Waals surface area contributed by atoms with Gasteiger partial charge < -0.3 is 5.11 Å². The highest BCUT2D eigenvalue weighted by atomic mass is 35.5. The summed E-state index contributed by atoms with van der Waals surface area (Å²) in [4.78, 5) is 11.0. The van der Waals surface area contributed by atoms with Crippen molar-refractivity contribution < 1.29 is 27.5 Å². The average molecular weight is 473 g/mol. The molecule has 0 saturated carbocycles. The van der Waals surface area contributed by atoms with Crippen molar-refractivity contribution in [1.82, 2.24) is 0 Å². The molecule has 2 aromatic carbocycles. The Labute approximate surface area is 175 Å². The third-order valence-corrected chi connectivity index (χ3v) is 6.27. The lowest BCUT2D eigenvalue weighted by Gasteiger charge is -2.30. The Balaban J connectivity index is 2.04. The van der Waals surface area contributed by atoms with Crippen molar-refractivity contribution in [2.45, 2.75) is 17.3 Å². The van der Waals surface area contributed by atoms with E-state index in [4.69, 9.17) is 39.9 Å². The first-order valence-corrected chi connectivity index (χ1v) is 9.37. The van der Waals surface area contributed by atoms with Crippen LogP contribution in [0, 0.1) is 5.82 Å². The summed E-state index contributed by atoms with van der Waals surface area (Å²) < 4.78 is 57.1. The standard InChI is InChI=1S/C17H8Cl3F4NO2S/c18-10-3-7(1-2-9(10)15(26)27)13-6-16(28-25-13,17(22,23)24)8-4-11(19)14(21)12(20)5-8/h1-5H,6H2,(H,26,27). The zero-order valence-corrected chi connectivity index (χ0v) is 16.5. The lowest BCUT2D eigenvalue weighted by molar-refractivity contribution is -0.159. The molecule has 0 radical (unpaired) electrons. The summed E-state index contributed by atoms with van der Waals surface area (Å²) in [5.41, 5.74) is -0.227. The molecule has 3 nitrogen and oxygen atoms in total. The van der Waals surface area contributed by atoms with Crippen molar-refractivity contribution in [3.8, 4) is 0 Å². The maximum absolute atomic E-state index is 14.0. The van der Waals surface area contributed by atoms with Crippen LogP contribution in [0.1, 0.15) is 27.9 Å². The predicted molar refractivity (Wildman–Crippen MR) is 101 cm³/mol. The van der Waals surface area contributed by atoms with Crippen molar-refractivity contribution in [1.29, 1.82) is 0 Å². The Morgan fingerprint density at radius 2 is 1.71 bits per heavy atom. The van der Waals surface area contributed by atoms with Gasteiger partial charge in [0.15, 0.2) is 10.6 Å². The molecular formula is C17H8Cl3F4NO2S. The van der Waals surface area contributed by atoms with Gasteiger partial charge in [0, 0.05) is 6.42 Å². The largest absolute Gasteiger partial charge is 0.478 e. The molecule has 1 unspecified atom stereocenters. The summed E-state index contributed by atoms with van der Waals surface area (Å²) in [6.07, 6.45) is -5.36. The van der Waals surface area contributed by atoms with Crippen molar-refractivity contribution in [3.63, 3.8) is 0 Å². The minimum atomic E-state index is -4.77. The molecular weight excluding hydrogens is 465 g/mol. The summed E-state index contributed by atoms with van der Waals surface area (Å²) in [5.74, 6) is -2.27. The molecule has 148 valence electrons. The van der Waals surface area contributed by atoms with Gasteiger partial charge in [-0.3, -0.25) is 0 Å². The monoisotopic (exact) mass is 471 g/mol. The molecule has 28 heavy (non-hydrogen) atoms. The third-order valence-electron chi connectivity index (χ3n) is 4.17. The summed E-state index contributed by atoms with van der Waals surface area (Å²) >= 11 is 17.5. The van der Waals surface area contributed by atoms with Crippen LogP contribution in [0.3, 0.4) is 0 Å². The Morgan fingerprint density at radius 3 is 2.21 bits per heavy atom. The second-order valence-electron chi connectivity index (χ2n) is 5.88. The number of rotatable bonds is 3. The summed E-state index contributed by atoms with van der Waals surface area (Å²) in [7, 11) is 0. The number of hydrogen-bond acceptors (Lipinski definition) is 3. The molecule has 1 aliphatic heterocycles. The summed E-state index contributed by atoms with van der Waals surface area (Å²) in [6.45, 7) is 0. The van der Waals surface area contributed by atoms with Crippen LogP contribution in [0.25, 0.3) is 0 Å². The maximum atomic E-state index is 14.0. The molecule has 2 aromatic rings. The predicted octanol–water partition coefficient (Wildman–Crippen LogP) is 6.78. The van der Waals surface area contributed by atoms with Crippen LogP contribution >= 0.6 is 46.8 Å². The fourth-order valence-electron chi connectivity index (χ4n) is 2.72. The molecule has 0 saturated heterocycles. The van der Waals surface area contributed by atoms with Gasteiger partial charge in [-0.25, -0.2) is 13.6 Å². The van der Waals surface area contributed by atoms with Gasteiger partial charge in [0.2, 0.25) is 0 Å². The number of benzene rings is 2. The van der Waals surface area contributed by atoms with Gasteiger partial charge in [0.25, 0.3) is 0 Å². The quantitative estimate of drug-likeness (QED) is 0.304. The normalized spacial score (nSPS) is 19.6. The Morgan fingerprint density at radius 1 is 1.11 bits per heavy atom. The molecule has 1 aliphatic rings. The second-order valence-corrected chi connectivity index (χ2v) is 8.17. The highest BCUT2D eigenvalue weighted by Crippen LogP contribution is 2.57. The van der Waals surface area contributed by atoms with Crippen LogP contribution in [0.15, 0.2) is 34.7 Å². The number of hydrogen-bond donors (Lipinski definition) is 1. The van der Waals surface area contributed by atoms with Crippen LogP contribution in [-0.4, -0.2) is 23.0 Å². The first-order valence-electron chi connectivity index (χ1n) is 7.46. The zero-order valence-electron chi connectivity index (χ0n) is 13.5. The average Bonchev–Trinajstić information content (AvgIpc) is 3.05. The van der Waals surface area contributed by atoms with Crippen LogP contribution in [0.4, 0.5) is 17.6 Å². The SMILES string of the molecule is O=C(O)c1ccc(C2=NSC(c3cc(Cl)c(F)c(Cl)c3)(C(F)(F)F)C2)cc1Cl. The molecule has 1 atom stereocenters. The van der Waals surface area contributed by atoms with Gasteiger partial charge in [-0.1, -0.05) is 40.9 Å². The Kier molecular flexibility index (Phi) is 5.62. The van der Waals surface area contributed by atoms with Crippen LogP contribution in [-0.2, 0) is 4.75 Å². The van der Waals surface area contributed by atoms with Crippen LogP contribution < -0.4 is 0 Å². The van der Waals surface area contributed by atoms with Gasteiger partial charge >= 0.3 is 12.1 Å². The molecule has 0 amide bonds. The van der Waals surface area contributed by atoms with E-state index < -0.39 is 39.2 Å². The van der Waals surface area contributed by atoms with Crippen molar-refractivity contribution in [3.05, 3.63) is 67.9 Å². The fourth-order valence-corrected chi connectivity index (χ4v) is 4.43. The van der Waals surface area contributed by atoms with Crippen LogP contribution in [0.5, 0.6) is 0 Å². The van der Waals surface area contributed by atoms with Gasteiger partial charge in [-0.15, -0.1) is 0 Å². The number of alkyl halides is 3. The highest BCUT2D eigenvalue weighted by molar-refractivity contribution is 7.99. The molecule has 11 heteroatoms. The maximum Gasteiger partial charge on any atom is 0.409 e. The van der Waals surface area contributed by atoms with E-state index in [0.717, 1.165) is 12.1 Å². The number of carboxylic acids is 1. The number of carboxylic acid groups (broad SMARTS) is 1. The first-order chi connectivity index (χ1) is 13.0. The minimum absolute atomic E-state index is 0.0535. The van der Waals surface area contributed by atoms with Gasteiger partial charge in [0.05, 0.1) is 26.3 Å². The Bertz CT molecular complexity index is 989. The van der Waals surface area contributed by atoms with E-state index in [-0.39, 0.29) is 39.4 Å². The van der Waals surface area contributed by atoms with E-state index in [9.17, 15) is 22.4 Å². The molecule has 0 aliphatic carbocycles. The number of nitrogens with zero attached hydrogens (tertiary/aromatic N) is 1. The third kappa shape index (κ3) is 3.58. The smallest absolute Gasteiger partial charge is 0.409 e. The van der Waals surface area contributed by atoms with Crippen LogP contribution in [0.2, 0.25) is 15.1 Å². The first kappa shape index (κ1) is 21.2. The van der Waals surface area contributed by atoms with E-state index in [1.807, 2.05) is 0 Å². The molecule has 0 bridgehead atoms. The van der Waals surface area contributed by atoms with E-state index in [2.05, 4.69) is 4.40 Å². The van der Waals surface area contributed by atoms with Gasteiger partial charge in [-0.05, 0) is 47.3 Å². The molecule has 1 heterocycles. The highest BCUT2D eigenvalue weighted by Gasteiger charge is 2.60. The number of halogens is 7. The van der Waals surface area contributed by atoms with Crippen molar-refractivity contribution >= 4 is 58.4 Å². The molecule has 3 rings (SSSR count). The van der Waals surface area contributed by atoms with Crippen molar-refractivity contribution in [2.75, 3.05) is 0 Å². The number of aromatic carboxylic acids is 1. The Hall–Kier alpha value is -1.48. The van der Waals surface area contributed by atoms with Gasteiger partial charge in [0.1, 0.15) is 0 Å². The minimum Gasteiger partial charge on any atom is -0.478 e. The lowest BCUT2D eigenvalue weighted by Crippen LogP contribution is -2.38. The molecule has 0 spiro atoms. The fraction of sp³-hybridized carbons (Fsp3) is 0.176. The van der Waals surface area contributed by atoms with E-state index in [1.165, 1.54) is 18.2 Å². The van der Waals surface area contributed by atoms with E-state index in [1.54, 1.807) is 0 Å². The number of carbonyl (C=O) groups is 1. The molecule has 0 aromatic heterocycles. The summed E-state index contributed by atoms with van der Waals surface area (Å²) in [5, 5.41) is 7.82. The van der Waals surface area contributed by atoms with E-state index >= 15 is 0 Å². The molecule has 1 N–H and O–H groups in total. The topological polar surface area (TPSA) is 49.7 Å². The molecule has 0 fully saturated rings. The second kappa shape index (κ2) is 7.40. The lowest BCUT2D eigenvalue weighted by atomic mass is 9.89. The van der Waals surface area contributed by atoms with Crippen molar-refractivity contribution in [2.24, 2.45) is 4.40 Å². The van der Waals surface area contributed by atoms with E-state index in [0.29, 0.717) is 0 Å². The zero-order chi connectivity index (χ0) is 20.9. The summed E-state index contributed by atoms with van der Waals surface area (Å²) in [6, 6.07) is 5.50.